The maximum Gasteiger partial charge on any atom is 0.308 e. The highest BCUT2D eigenvalue weighted by molar-refractivity contribution is 5.82. The Hall–Kier alpha value is -4.71. The van der Waals surface area contributed by atoms with Gasteiger partial charge in [0.15, 0.2) is 18.3 Å². The van der Waals surface area contributed by atoms with E-state index >= 15 is 0 Å². The van der Waals surface area contributed by atoms with Gasteiger partial charge in [-0.3, -0.25) is 24.0 Å². The molecule has 45 heavy (non-hydrogen) atoms. The van der Waals surface area contributed by atoms with Gasteiger partial charge in [0.05, 0.1) is 0 Å². The number of fused-ring (bicyclic) bond motifs is 1. The van der Waals surface area contributed by atoms with Crippen LogP contribution >= 0.6 is 0 Å². The van der Waals surface area contributed by atoms with Crippen LogP contribution in [-0.2, 0) is 54.1 Å². The van der Waals surface area contributed by atoms with Crippen molar-refractivity contribution < 1.29 is 56.8 Å². The molecule has 0 unspecified atom stereocenters. The second-order valence-corrected chi connectivity index (χ2v) is 10.9. The normalized spacial score (nSPS) is 21.1. The van der Waals surface area contributed by atoms with Crippen LogP contribution in [0.15, 0.2) is 40.8 Å². The molecule has 0 radical (unpaired) electrons. The predicted octanol–water partition coefficient (Wildman–Crippen LogP) is 4.36. The molecule has 4 rings (SSSR count). The van der Waals surface area contributed by atoms with E-state index in [1.807, 2.05) is 32.0 Å². The van der Waals surface area contributed by atoms with E-state index in [1.165, 1.54) is 13.8 Å². The predicted molar refractivity (Wildman–Crippen MR) is 157 cm³/mol. The molecule has 12 heteroatoms. The number of aryl methyl sites for hydroxylation is 2. The molecule has 1 aliphatic rings. The average molecular weight is 625 g/mol. The topological polar surface area (TPSA) is 154 Å². The number of hydrogen-bond acceptors (Lipinski definition) is 12. The molecular formula is C33H36O12. The van der Waals surface area contributed by atoms with Gasteiger partial charge in [-0.2, -0.15) is 0 Å². The summed E-state index contributed by atoms with van der Waals surface area (Å²) in [5.41, 5.74) is 3.97. The Kier molecular flexibility index (Phi) is 10.3. The SMILES string of the molecule is CC(=O)OC[C@H]1O[C@@H](c2cc(Cc3cc4c(C)c(C)ccc4o3)ccc2OC(C)=O)[C@H](OC(C)=O)[C@@H](OC(C)=O)[C@@H]1OC(C)=O. The van der Waals surface area contributed by atoms with Crippen LogP contribution in [0.3, 0.4) is 0 Å². The number of hydrogen-bond donors (Lipinski definition) is 0. The van der Waals surface area contributed by atoms with Crippen LogP contribution in [-0.4, -0.2) is 60.9 Å². The third kappa shape index (κ3) is 8.07. The first kappa shape index (κ1) is 33.2. The summed E-state index contributed by atoms with van der Waals surface area (Å²) in [4.78, 5) is 60.6. The van der Waals surface area contributed by atoms with E-state index in [9.17, 15) is 24.0 Å². The highest BCUT2D eigenvalue weighted by Gasteiger charge is 2.53. The Bertz CT molecular complexity index is 1620. The van der Waals surface area contributed by atoms with Crippen molar-refractivity contribution >= 4 is 40.8 Å². The van der Waals surface area contributed by atoms with Crippen molar-refractivity contribution in [1.29, 1.82) is 0 Å². The molecule has 12 nitrogen and oxygen atoms in total. The van der Waals surface area contributed by atoms with Crippen LogP contribution in [0, 0.1) is 13.8 Å². The Morgan fingerprint density at radius 3 is 2.00 bits per heavy atom. The van der Waals surface area contributed by atoms with Gasteiger partial charge >= 0.3 is 29.8 Å². The number of esters is 5. The molecule has 3 aromatic rings. The Labute approximate surface area is 259 Å². The van der Waals surface area contributed by atoms with Gasteiger partial charge in [-0.05, 0) is 54.8 Å². The molecule has 1 saturated heterocycles. The van der Waals surface area contributed by atoms with Gasteiger partial charge < -0.3 is 32.8 Å². The summed E-state index contributed by atoms with van der Waals surface area (Å²) in [7, 11) is 0. The zero-order chi connectivity index (χ0) is 33.0. The van der Waals surface area contributed by atoms with Crippen LogP contribution in [0.4, 0.5) is 0 Å². The lowest BCUT2D eigenvalue weighted by Crippen LogP contribution is -2.59. The molecule has 2 aromatic carbocycles. The molecule has 1 fully saturated rings. The van der Waals surface area contributed by atoms with Gasteiger partial charge in [0.25, 0.3) is 0 Å². The summed E-state index contributed by atoms with van der Waals surface area (Å²) < 4.78 is 39.8. The van der Waals surface area contributed by atoms with Gasteiger partial charge in [-0.1, -0.05) is 12.1 Å². The third-order valence-corrected chi connectivity index (χ3v) is 7.30. The summed E-state index contributed by atoms with van der Waals surface area (Å²) in [6, 6.07) is 10.9. The largest absolute Gasteiger partial charge is 0.463 e. The van der Waals surface area contributed by atoms with E-state index < -0.39 is 67.0 Å². The van der Waals surface area contributed by atoms with Crippen molar-refractivity contribution in [2.45, 2.75) is 85.4 Å². The van der Waals surface area contributed by atoms with Gasteiger partial charge in [0.2, 0.25) is 0 Å². The first-order valence-electron chi connectivity index (χ1n) is 14.3. The minimum absolute atomic E-state index is 0.0863. The van der Waals surface area contributed by atoms with Crippen molar-refractivity contribution in [3.63, 3.8) is 0 Å². The fraction of sp³-hybridized carbons (Fsp3) is 0.424. The first-order chi connectivity index (χ1) is 21.2. The van der Waals surface area contributed by atoms with Crippen LogP contribution in [0.1, 0.15) is 68.7 Å². The molecule has 0 saturated carbocycles. The summed E-state index contributed by atoms with van der Waals surface area (Å²) in [6.45, 7) is 9.50. The van der Waals surface area contributed by atoms with E-state index in [1.54, 1.807) is 18.2 Å². The molecule has 240 valence electrons. The maximum absolute atomic E-state index is 12.4. The molecular weight excluding hydrogens is 588 g/mol. The molecule has 0 spiro atoms. The van der Waals surface area contributed by atoms with Crippen LogP contribution in [0.25, 0.3) is 11.0 Å². The standard InChI is InChI=1S/C33H36O12/c1-16-8-10-27-25(17(16)2)14-24(44-27)12-23-9-11-28(40-19(4)35)26(13-23)30-32(42-21(6)37)33(43-22(7)38)31(41-20(5)36)29(45-30)15-39-18(3)34/h8-11,13-14,29-33H,12,15H2,1-7H3/t29-,30+,31-,32+,33+/m1/s1. The van der Waals surface area contributed by atoms with Gasteiger partial charge in [-0.25, -0.2) is 0 Å². The number of furan rings is 1. The lowest BCUT2D eigenvalue weighted by Gasteiger charge is -2.44. The number of carbonyl (C=O) groups excluding carboxylic acids is 5. The van der Waals surface area contributed by atoms with Gasteiger partial charge in [0.1, 0.15) is 35.9 Å². The lowest BCUT2D eigenvalue weighted by atomic mass is 9.89. The molecule has 0 aliphatic carbocycles. The second-order valence-electron chi connectivity index (χ2n) is 10.9. The fourth-order valence-corrected chi connectivity index (χ4v) is 5.36. The number of rotatable bonds is 9. The van der Waals surface area contributed by atoms with Crippen molar-refractivity contribution in [3.8, 4) is 5.75 Å². The maximum atomic E-state index is 12.4. The smallest absolute Gasteiger partial charge is 0.308 e. The highest BCUT2D eigenvalue weighted by Crippen LogP contribution is 2.42. The lowest BCUT2D eigenvalue weighted by molar-refractivity contribution is -0.254. The number of carbonyl (C=O) groups is 5. The monoisotopic (exact) mass is 624 g/mol. The van der Waals surface area contributed by atoms with E-state index in [0.717, 1.165) is 48.4 Å². The van der Waals surface area contributed by atoms with Crippen LogP contribution in [0.2, 0.25) is 0 Å². The highest BCUT2D eigenvalue weighted by atomic mass is 16.7. The summed E-state index contributed by atoms with van der Waals surface area (Å²) in [6.07, 6.45) is -6.15. The van der Waals surface area contributed by atoms with Crippen LogP contribution < -0.4 is 4.74 Å². The van der Waals surface area contributed by atoms with E-state index in [2.05, 4.69) is 0 Å². The van der Waals surface area contributed by atoms with Crippen molar-refractivity contribution in [2.24, 2.45) is 0 Å². The summed E-state index contributed by atoms with van der Waals surface area (Å²) in [5, 5.41) is 0.987. The van der Waals surface area contributed by atoms with Gasteiger partial charge in [-0.15, -0.1) is 0 Å². The molecule has 2 heterocycles. The van der Waals surface area contributed by atoms with E-state index in [0.29, 0.717) is 12.2 Å². The molecule has 0 amide bonds. The van der Waals surface area contributed by atoms with Crippen LogP contribution in [0.5, 0.6) is 5.75 Å². The summed E-state index contributed by atoms with van der Waals surface area (Å²) >= 11 is 0. The fourth-order valence-electron chi connectivity index (χ4n) is 5.36. The van der Waals surface area contributed by atoms with Gasteiger partial charge in [0, 0.05) is 52.0 Å². The van der Waals surface area contributed by atoms with Crippen molar-refractivity contribution in [2.75, 3.05) is 6.61 Å². The molecule has 0 N–H and O–H groups in total. The summed E-state index contributed by atoms with van der Waals surface area (Å²) in [5.74, 6) is -2.75. The third-order valence-electron chi connectivity index (χ3n) is 7.30. The van der Waals surface area contributed by atoms with E-state index in [4.69, 9.17) is 32.8 Å². The minimum Gasteiger partial charge on any atom is -0.463 e. The first-order valence-corrected chi connectivity index (χ1v) is 14.3. The van der Waals surface area contributed by atoms with Crippen molar-refractivity contribution in [1.82, 2.24) is 0 Å². The number of benzene rings is 2. The van der Waals surface area contributed by atoms with E-state index in [-0.39, 0.29) is 11.3 Å². The molecule has 1 aromatic heterocycles. The molecule has 0 bridgehead atoms. The Morgan fingerprint density at radius 2 is 1.38 bits per heavy atom. The second kappa shape index (κ2) is 13.9. The quantitative estimate of drug-likeness (QED) is 0.189. The Balaban J connectivity index is 1.84. The minimum atomic E-state index is -1.38. The van der Waals surface area contributed by atoms with Crippen molar-refractivity contribution in [3.05, 3.63) is 64.4 Å². The number of ether oxygens (including phenoxy) is 6. The zero-order valence-corrected chi connectivity index (χ0v) is 26.2. The average Bonchev–Trinajstić information content (AvgIpc) is 3.35. The zero-order valence-electron chi connectivity index (χ0n) is 26.2. The molecule has 5 atom stereocenters. The Morgan fingerprint density at radius 1 is 0.733 bits per heavy atom. The molecule has 1 aliphatic heterocycles.